The number of hydrogen-bond acceptors (Lipinski definition) is 5. The van der Waals surface area contributed by atoms with E-state index < -0.39 is 11.7 Å². The fourth-order valence-electron chi connectivity index (χ4n) is 1.90. The third-order valence-electron chi connectivity index (χ3n) is 3.34. The lowest BCUT2D eigenvalue weighted by atomic mass is 10.1. The molecule has 0 radical (unpaired) electrons. The fraction of sp³-hybridized carbons (Fsp3) is 0.611. The minimum absolute atomic E-state index is 0.0172. The number of alkyl carbamates (subject to hydrolysis) is 1. The minimum atomic E-state index is -0.517. The number of pyridine rings is 1. The van der Waals surface area contributed by atoms with Gasteiger partial charge in [-0.3, -0.25) is 4.79 Å². The van der Waals surface area contributed by atoms with Crippen LogP contribution >= 0.6 is 0 Å². The van der Waals surface area contributed by atoms with Crippen molar-refractivity contribution >= 4 is 17.7 Å². The number of ketones is 1. The molecule has 0 aliphatic carbocycles. The van der Waals surface area contributed by atoms with E-state index in [0.29, 0.717) is 31.0 Å². The molecule has 0 fully saturated rings. The van der Waals surface area contributed by atoms with E-state index in [2.05, 4.69) is 29.5 Å². The van der Waals surface area contributed by atoms with Gasteiger partial charge in [0.15, 0.2) is 5.78 Å². The predicted octanol–water partition coefficient (Wildman–Crippen LogP) is 3.78. The van der Waals surface area contributed by atoms with E-state index in [-0.39, 0.29) is 5.78 Å². The van der Waals surface area contributed by atoms with Crippen LogP contribution in [0.1, 0.15) is 64.2 Å². The highest BCUT2D eigenvalue weighted by atomic mass is 16.6. The summed E-state index contributed by atoms with van der Waals surface area (Å²) in [7, 11) is 0. The molecule has 1 rings (SSSR count). The van der Waals surface area contributed by atoms with Gasteiger partial charge in [0.05, 0.1) is 0 Å². The van der Waals surface area contributed by atoms with Gasteiger partial charge in [-0.05, 0) is 52.7 Å². The van der Waals surface area contributed by atoms with Gasteiger partial charge in [0, 0.05) is 30.8 Å². The SMILES string of the molecule is CC[C@@H](C)Nc1ccc(C(=O)CCCNC(=O)OC(C)(C)C)cn1. The molecule has 1 heterocycles. The zero-order valence-corrected chi connectivity index (χ0v) is 15.3. The highest BCUT2D eigenvalue weighted by Gasteiger charge is 2.15. The quantitative estimate of drug-likeness (QED) is 0.558. The van der Waals surface area contributed by atoms with Gasteiger partial charge in [-0.25, -0.2) is 9.78 Å². The van der Waals surface area contributed by atoms with Crippen molar-refractivity contribution in [1.82, 2.24) is 10.3 Å². The van der Waals surface area contributed by atoms with Crippen LogP contribution in [-0.4, -0.2) is 35.0 Å². The van der Waals surface area contributed by atoms with E-state index in [1.807, 2.05) is 26.8 Å². The van der Waals surface area contributed by atoms with Gasteiger partial charge in [0.2, 0.25) is 0 Å². The van der Waals surface area contributed by atoms with Gasteiger partial charge >= 0.3 is 6.09 Å². The van der Waals surface area contributed by atoms with Crippen molar-refractivity contribution in [3.8, 4) is 0 Å². The summed E-state index contributed by atoms with van der Waals surface area (Å²) in [6.45, 7) is 10.0. The second kappa shape index (κ2) is 9.25. The third kappa shape index (κ3) is 7.94. The molecule has 0 aliphatic rings. The first kappa shape index (κ1) is 19.9. The van der Waals surface area contributed by atoms with Crippen molar-refractivity contribution < 1.29 is 14.3 Å². The summed E-state index contributed by atoms with van der Waals surface area (Å²) < 4.78 is 5.13. The van der Waals surface area contributed by atoms with Gasteiger partial charge in [0.1, 0.15) is 11.4 Å². The molecule has 1 amide bonds. The van der Waals surface area contributed by atoms with Crippen LogP contribution in [0, 0.1) is 0 Å². The van der Waals surface area contributed by atoms with Crippen LogP contribution in [0.5, 0.6) is 0 Å². The summed E-state index contributed by atoms with van der Waals surface area (Å²) >= 11 is 0. The number of aromatic nitrogens is 1. The third-order valence-corrected chi connectivity index (χ3v) is 3.34. The molecule has 0 bridgehead atoms. The molecule has 134 valence electrons. The Morgan fingerprint density at radius 1 is 1.29 bits per heavy atom. The Labute approximate surface area is 144 Å². The molecule has 1 aromatic heterocycles. The number of carbonyl (C=O) groups excluding carboxylic acids is 2. The Hall–Kier alpha value is -2.11. The summed E-state index contributed by atoms with van der Waals surface area (Å²) in [4.78, 5) is 27.9. The Morgan fingerprint density at radius 3 is 2.54 bits per heavy atom. The Balaban J connectivity index is 2.34. The number of Topliss-reactive ketones (excluding diaryl/α,β-unsaturated/α-hetero) is 1. The summed E-state index contributed by atoms with van der Waals surface area (Å²) in [6, 6.07) is 3.94. The van der Waals surface area contributed by atoms with Gasteiger partial charge < -0.3 is 15.4 Å². The molecule has 0 aromatic carbocycles. The fourth-order valence-corrected chi connectivity index (χ4v) is 1.90. The second-order valence-electron chi connectivity index (χ2n) is 6.84. The van der Waals surface area contributed by atoms with Crippen LogP contribution in [0.25, 0.3) is 0 Å². The van der Waals surface area contributed by atoms with Crippen molar-refractivity contribution in [1.29, 1.82) is 0 Å². The van der Waals surface area contributed by atoms with Crippen LogP contribution < -0.4 is 10.6 Å². The topological polar surface area (TPSA) is 80.3 Å². The summed E-state index contributed by atoms with van der Waals surface area (Å²) in [5, 5.41) is 5.90. The largest absolute Gasteiger partial charge is 0.444 e. The standard InChI is InChI=1S/C18H29N3O3/c1-6-13(2)21-16-10-9-14(12-20-16)15(22)8-7-11-19-17(23)24-18(3,4)5/h9-10,12-13H,6-8,11H2,1-5H3,(H,19,23)(H,20,21)/t13-/m1/s1. The Morgan fingerprint density at radius 2 is 2.00 bits per heavy atom. The molecule has 0 aliphatic heterocycles. The first-order valence-corrected chi connectivity index (χ1v) is 8.44. The lowest BCUT2D eigenvalue weighted by Gasteiger charge is -2.19. The molecule has 1 aromatic rings. The molecule has 0 unspecified atom stereocenters. The van der Waals surface area contributed by atoms with Gasteiger partial charge in [-0.1, -0.05) is 6.92 Å². The monoisotopic (exact) mass is 335 g/mol. The zero-order chi connectivity index (χ0) is 18.2. The minimum Gasteiger partial charge on any atom is -0.444 e. The molecule has 24 heavy (non-hydrogen) atoms. The van der Waals surface area contributed by atoms with Gasteiger partial charge in [-0.15, -0.1) is 0 Å². The number of rotatable bonds is 8. The first-order valence-electron chi connectivity index (χ1n) is 8.44. The molecule has 6 heteroatoms. The van der Waals surface area contributed by atoms with Crippen LogP contribution in [0.3, 0.4) is 0 Å². The molecule has 6 nitrogen and oxygen atoms in total. The highest BCUT2D eigenvalue weighted by Crippen LogP contribution is 2.10. The normalized spacial score (nSPS) is 12.4. The van der Waals surface area contributed by atoms with E-state index in [1.54, 1.807) is 12.3 Å². The molecule has 0 spiro atoms. The summed E-state index contributed by atoms with van der Waals surface area (Å²) in [5.41, 5.74) is 0.0679. The molecule has 0 saturated carbocycles. The van der Waals surface area contributed by atoms with E-state index in [1.165, 1.54) is 0 Å². The number of nitrogens with one attached hydrogen (secondary N) is 2. The van der Waals surface area contributed by atoms with E-state index in [4.69, 9.17) is 4.74 Å². The Kier molecular flexibility index (Phi) is 7.68. The number of nitrogens with zero attached hydrogens (tertiary/aromatic N) is 1. The predicted molar refractivity (Wildman–Crippen MR) is 95.4 cm³/mol. The maximum atomic E-state index is 12.1. The number of ether oxygens (including phenoxy) is 1. The van der Waals surface area contributed by atoms with E-state index in [0.717, 1.165) is 12.2 Å². The smallest absolute Gasteiger partial charge is 0.407 e. The first-order chi connectivity index (χ1) is 11.2. The Bertz CT molecular complexity index is 535. The lowest BCUT2D eigenvalue weighted by Crippen LogP contribution is -2.33. The maximum Gasteiger partial charge on any atom is 0.407 e. The summed E-state index contributed by atoms with van der Waals surface area (Å²) in [5.74, 6) is 0.788. The number of hydrogen-bond donors (Lipinski definition) is 2. The number of amides is 1. The summed E-state index contributed by atoms with van der Waals surface area (Å²) in [6.07, 6.45) is 3.05. The average Bonchev–Trinajstić information content (AvgIpc) is 2.50. The lowest BCUT2D eigenvalue weighted by molar-refractivity contribution is 0.0525. The zero-order valence-electron chi connectivity index (χ0n) is 15.3. The van der Waals surface area contributed by atoms with Crippen molar-refractivity contribution in [2.75, 3.05) is 11.9 Å². The molecule has 0 saturated heterocycles. The van der Waals surface area contributed by atoms with Crippen molar-refractivity contribution in [2.24, 2.45) is 0 Å². The van der Waals surface area contributed by atoms with Crippen LogP contribution in [0.2, 0.25) is 0 Å². The molecule has 1 atom stereocenters. The maximum absolute atomic E-state index is 12.1. The molecular formula is C18H29N3O3. The van der Waals surface area contributed by atoms with Gasteiger partial charge in [-0.2, -0.15) is 0 Å². The number of anilines is 1. The average molecular weight is 335 g/mol. The van der Waals surface area contributed by atoms with Crippen LogP contribution in [-0.2, 0) is 4.74 Å². The van der Waals surface area contributed by atoms with Crippen molar-refractivity contribution in [3.63, 3.8) is 0 Å². The van der Waals surface area contributed by atoms with Crippen molar-refractivity contribution in [3.05, 3.63) is 23.9 Å². The van der Waals surface area contributed by atoms with E-state index >= 15 is 0 Å². The van der Waals surface area contributed by atoms with E-state index in [9.17, 15) is 9.59 Å². The van der Waals surface area contributed by atoms with Crippen LogP contribution in [0.15, 0.2) is 18.3 Å². The number of carbonyl (C=O) groups is 2. The highest BCUT2D eigenvalue weighted by molar-refractivity contribution is 5.95. The van der Waals surface area contributed by atoms with Crippen molar-refractivity contribution in [2.45, 2.75) is 65.5 Å². The molecular weight excluding hydrogens is 306 g/mol. The van der Waals surface area contributed by atoms with Crippen LogP contribution in [0.4, 0.5) is 10.6 Å². The van der Waals surface area contributed by atoms with Gasteiger partial charge in [0.25, 0.3) is 0 Å². The second-order valence-corrected chi connectivity index (χ2v) is 6.84. The molecule has 2 N–H and O–H groups in total.